The molecule has 0 unspecified atom stereocenters. The Kier molecular flexibility index (Phi) is 4.37. The fraction of sp³-hybridized carbons (Fsp3) is 0.692. The molecule has 0 radical (unpaired) electrons. The van der Waals surface area contributed by atoms with Crippen molar-refractivity contribution in [2.24, 2.45) is 0 Å². The van der Waals surface area contributed by atoms with E-state index in [1.54, 1.807) is 4.90 Å². The van der Waals surface area contributed by atoms with Crippen molar-refractivity contribution in [3.8, 4) is 0 Å². The Bertz CT molecular complexity index is 445. The van der Waals surface area contributed by atoms with Gasteiger partial charge in [-0.1, -0.05) is 0 Å². The number of nitrogens with zero attached hydrogens (tertiary/aromatic N) is 3. The Labute approximate surface area is 127 Å². The third-order valence-corrected chi connectivity index (χ3v) is 3.62. The first-order valence-electron chi connectivity index (χ1n) is 6.53. The minimum absolute atomic E-state index is 0.207. The van der Waals surface area contributed by atoms with Crippen molar-refractivity contribution in [3.63, 3.8) is 0 Å². The molecule has 2 heterocycles. The molecule has 0 N–H and O–H groups in total. The molecule has 2 rings (SSSR count). The van der Waals surface area contributed by atoms with Gasteiger partial charge in [-0.15, -0.1) is 0 Å². The quantitative estimate of drug-likeness (QED) is 0.707. The van der Waals surface area contributed by atoms with Crippen LogP contribution >= 0.6 is 22.6 Å². The molecule has 1 aliphatic rings. The summed E-state index contributed by atoms with van der Waals surface area (Å²) in [6.45, 7) is 7.14. The molecule has 6 heteroatoms. The number of aromatic nitrogens is 2. The molecule has 1 fully saturated rings. The first-order valence-corrected chi connectivity index (χ1v) is 7.60. The van der Waals surface area contributed by atoms with Crippen LogP contribution in [0.5, 0.6) is 0 Å². The highest BCUT2D eigenvalue weighted by Crippen LogP contribution is 2.23. The highest BCUT2D eigenvalue weighted by Gasteiger charge is 2.27. The topological polar surface area (TPSA) is 47.4 Å². The van der Waals surface area contributed by atoms with Crippen LogP contribution in [0.25, 0.3) is 0 Å². The van der Waals surface area contributed by atoms with E-state index in [4.69, 9.17) is 4.74 Å². The lowest BCUT2D eigenvalue weighted by Crippen LogP contribution is -2.42. The van der Waals surface area contributed by atoms with E-state index in [0.29, 0.717) is 6.04 Å². The van der Waals surface area contributed by atoms with Gasteiger partial charge in [0, 0.05) is 19.3 Å². The monoisotopic (exact) mass is 377 g/mol. The van der Waals surface area contributed by atoms with Crippen LogP contribution < -0.4 is 0 Å². The van der Waals surface area contributed by atoms with Gasteiger partial charge in [0.25, 0.3) is 0 Å². The zero-order valence-corrected chi connectivity index (χ0v) is 13.8. The van der Waals surface area contributed by atoms with Gasteiger partial charge >= 0.3 is 6.09 Å². The van der Waals surface area contributed by atoms with E-state index >= 15 is 0 Å². The van der Waals surface area contributed by atoms with Crippen molar-refractivity contribution in [2.45, 2.75) is 45.3 Å². The predicted octanol–water partition coefficient (Wildman–Crippen LogP) is 3.06. The number of ether oxygens (including phenoxy) is 1. The van der Waals surface area contributed by atoms with Crippen LogP contribution in [0.3, 0.4) is 0 Å². The lowest BCUT2D eigenvalue weighted by atomic mass is 10.1. The second-order valence-electron chi connectivity index (χ2n) is 5.84. The lowest BCUT2D eigenvalue weighted by Gasteiger charge is -2.33. The minimum atomic E-state index is -0.425. The number of rotatable bonds is 1. The highest BCUT2D eigenvalue weighted by atomic mass is 127. The average Bonchev–Trinajstić information content (AvgIpc) is 2.74. The van der Waals surface area contributed by atoms with Crippen molar-refractivity contribution in [3.05, 3.63) is 16.0 Å². The molecule has 1 aromatic rings. The second kappa shape index (κ2) is 5.68. The molecule has 106 valence electrons. The van der Waals surface area contributed by atoms with Gasteiger partial charge in [0.05, 0.1) is 15.8 Å². The van der Waals surface area contributed by atoms with Crippen LogP contribution in [0.4, 0.5) is 4.79 Å². The molecule has 1 saturated heterocycles. The summed E-state index contributed by atoms with van der Waals surface area (Å²) in [5, 5.41) is 4.34. The van der Waals surface area contributed by atoms with E-state index in [2.05, 4.69) is 27.7 Å². The maximum Gasteiger partial charge on any atom is 0.410 e. The van der Waals surface area contributed by atoms with E-state index in [-0.39, 0.29) is 6.09 Å². The summed E-state index contributed by atoms with van der Waals surface area (Å²) in [6, 6.07) is 0.391. The van der Waals surface area contributed by atoms with Crippen molar-refractivity contribution >= 4 is 28.7 Å². The van der Waals surface area contributed by atoms with Crippen LogP contribution in [0.1, 0.15) is 39.7 Å². The standard InChI is InChI=1S/C13H20IN3O2/c1-13(2,3)19-12(18)16-6-4-11(5-7-16)17-9-10(14)8-15-17/h8-9,11H,4-7H2,1-3H3. The summed E-state index contributed by atoms with van der Waals surface area (Å²) in [4.78, 5) is 13.7. The van der Waals surface area contributed by atoms with Crippen molar-refractivity contribution < 1.29 is 9.53 Å². The zero-order chi connectivity index (χ0) is 14.0. The van der Waals surface area contributed by atoms with Gasteiger partial charge in [0.1, 0.15) is 5.60 Å². The summed E-state index contributed by atoms with van der Waals surface area (Å²) in [5.41, 5.74) is -0.425. The summed E-state index contributed by atoms with van der Waals surface area (Å²) >= 11 is 2.26. The van der Waals surface area contributed by atoms with Crippen LogP contribution in [-0.2, 0) is 4.74 Å². The third kappa shape index (κ3) is 4.09. The summed E-state index contributed by atoms with van der Waals surface area (Å²) < 4.78 is 8.54. The van der Waals surface area contributed by atoms with Gasteiger partial charge in [-0.25, -0.2) is 4.79 Å². The Hall–Kier alpha value is -0.790. The normalized spacial score (nSPS) is 17.6. The van der Waals surface area contributed by atoms with E-state index in [1.807, 2.05) is 37.8 Å². The van der Waals surface area contributed by atoms with Gasteiger partial charge in [-0.3, -0.25) is 4.68 Å². The number of amides is 1. The molecule has 1 aliphatic heterocycles. The number of hydrogen-bond acceptors (Lipinski definition) is 3. The minimum Gasteiger partial charge on any atom is -0.444 e. The van der Waals surface area contributed by atoms with Gasteiger partial charge in [-0.05, 0) is 56.2 Å². The van der Waals surface area contributed by atoms with E-state index in [0.717, 1.165) is 29.5 Å². The van der Waals surface area contributed by atoms with E-state index in [1.165, 1.54) is 0 Å². The Balaban J connectivity index is 1.87. The number of piperidine rings is 1. The molecule has 5 nitrogen and oxygen atoms in total. The third-order valence-electron chi connectivity index (χ3n) is 3.06. The Morgan fingerprint density at radius 1 is 1.42 bits per heavy atom. The van der Waals surface area contributed by atoms with E-state index < -0.39 is 5.60 Å². The maximum absolute atomic E-state index is 11.9. The molecule has 0 saturated carbocycles. The number of carbonyl (C=O) groups is 1. The Morgan fingerprint density at radius 3 is 2.53 bits per heavy atom. The van der Waals surface area contributed by atoms with Gasteiger partial charge in [0.15, 0.2) is 0 Å². The molecule has 0 bridgehead atoms. The molecule has 0 aliphatic carbocycles. The summed E-state index contributed by atoms with van der Waals surface area (Å²) in [5.74, 6) is 0. The van der Waals surface area contributed by atoms with Crippen LogP contribution in [0, 0.1) is 3.57 Å². The smallest absolute Gasteiger partial charge is 0.410 e. The van der Waals surface area contributed by atoms with Gasteiger partial charge in [0.2, 0.25) is 0 Å². The van der Waals surface area contributed by atoms with Crippen LogP contribution in [-0.4, -0.2) is 39.5 Å². The fourth-order valence-electron chi connectivity index (χ4n) is 2.15. The van der Waals surface area contributed by atoms with Gasteiger partial charge in [-0.2, -0.15) is 5.10 Å². The molecule has 0 spiro atoms. The zero-order valence-electron chi connectivity index (χ0n) is 11.6. The van der Waals surface area contributed by atoms with Crippen LogP contribution in [0.15, 0.2) is 12.4 Å². The first kappa shape index (κ1) is 14.6. The fourth-order valence-corrected chi connectivity index (χ4v) is 2.56. The summed E-state index contributed by atoms with van der Waals surface area (Å²) in [6.07, 6.45) is 5.56. The highest BCUT2D eigenvalue weighted by molar-refractivity contribution is 14.1. The number of hydrogen-bond donors (Lipinski definition) is 0. The second-order valence-corrected chi connectivity index (χ2v) is 7.08. The molecular weight excluding hydrogens is 357 g/mol. The van der Waals surface area contributed by atoms with Gasteiger partial charge < -0.3 is 9.64 Å². The lowest BCUT2D eigenvalue weighted by molar-refractivity contribution is 0.0185. The number of halogens is 1. The predicted molar refractivity (Wildman–Crippen MR) is 81.0 cm³/mol. The van der Waals surface area contributed by atoms with Crippen molar-refractivity contribution in [2.75, 3.05) is 13.1 Å². The first-order chi connectivity index (χ1) is 8.85. The van der Waals surface area contributed by atoms with Crippen molar-refractivity contribution in [1.29, 1.82) is 0 Å². The molecule has 1 amide bonds. The maximum atomic E-state index is 11.9. The largest absolute Gasteiger partial charge is 0.444 e. The van der Waals surface area contributed by atoms with Crippen molar-refractivity contribution in [1.82, 2.24) is 14.7 Å². The number of carbonyl (C=O) groups excluding carboxylic acids is 1. The molecular formula is C13H20IN3O2. The van der Waals surface area contributed by atoms with Crippen LogP contribution in [0.2, 0.25) is 0 Å². The number of likely N-dealkylation sites (tertiary alicyclic amines) is 1. The average molecular weight is 377 g/mol. The van der Waals surface area contributed by atoms with E-state index in [9.17, 15) is 4.79 Å². The summed E-state index contributed by atoms with van der Waals surface area (Å²) in [7, 11) is 0. The molecule has 19 heavy (non-hydrogen) atoms. The molecule has 0 aromatic carbocycles. The Morgan fingerprint density at radius 2 is 2.05 bits per heavy atom. The molecule has 0 atom stereocenters. The molecule has 1 aromatic heterocycles. The SMILES string of the molecule is CC(C)(C)OC(=O)N1CCC(n2cc(I)cn2)CC1.